The highest BCUT2D eigenvalue weighted by atomic mass is 16.2. The van der Waals surface area contributed by atoms with Gasteiger partial charge in [-0.1, -0.05) is 18.2 Å². The van der Waals surface area contributed by atoms with Gasteiger partial charge in [0.2, 0.25) is 11.8 Å². The molecule has 9 nitrogen and oxygen atoms in total. The molecule has 0 fully saturated rings. The predicted molar refractivity (Wildman–Crippen MR) is 94.7 cm³/mol. The molecule has 1 aliphatic heterocycles. The SMILES string of the molecule is O=C1C=NN(c2ccc3[nH]c(=O)[nH]c3c2)C(=O)C1N=Nc1ccccc1. The largest absolute Gasteiger partial charge is 0.323 e. The number of hydrazone groups is 1. The number of carbonyl (C=O) groups is 2. The van der Waals surface area contributed by atoms with E-state index in [1.807, 2.05) is 6.07 Å². The minimum absolute atomic E-state index is 0.352. The Hall–Kier alpha value is -3.88. The van der Waals surface area contributed by atoms with E-state index in [-0.39, 0.29) is 5.69 Å². The Balaban J connectivity index is 1.65. The van der Waals surface area contributed by atoms with Crippen molar-refractivity contribution in [2.45, 2.75) is 6.04 Å². The molecule has 0 saturated carbocycles. The van der Waals surface area contributed by atoms with Gasteiger partial charge in [-0.25, -0.2) is 4.79 Å². The summed E-state index contributed by atoms with van der Waals surface area (Å²) in [5.41, 5.74) is 1.71. The molecular formula is C17H12N6O3. The van der Waals surface area contributed by atoms with Crippen LogP contribution in [0.1, 0.15) is 0 Å². The number of imidazole rings is 1. The first-order valence-corrected chi connectivity index (χ1v) is 7.71. The molecular weight excluding hydrogens is 336 g/mol. The Kier molecular flexibility index (Phi) is 3.73. The number of hydrogen-bond acceptors (Lipinski definition) is 6. The molecule has 0 radical (unpaired) electrons. The van der Waals surface area contributed by atoms with Crippen LogP contribution in [0.5, 0.6) is 0 Å². The van der Waals surface area contributed by atoms with Crippen molar-refractivity contribution in [1.29, 1.82) is 0 Å². The number of aromatic amines is 2. The van der Waals surface area contributed by atoms with Gasteiger partial charge >= 0.3 is 5.69 Å². The summed E-state index contributed by atoms with van der Waals surface area (Å²) in [6.07, 6.45) is 1.04. The van der Waals surface area contributed by atoms with Gasteiger partial charge < -0.3 is 9.97 Å². The van der Waals surface area contributed by atoms with Gasteiger partial charge in [0.05, 0.1) is 28.6 Å². The van der Waals surface area contributed by atoms with Crippen LogP contribution in [-0.2, 0) is 9.59 Å². The number of carbonyl (C=O) groups excluding carboxylic acids is 2. The lowest BCUT2D eigenvalue weighted by atomic mass is 10.1. The maximum atomic E-state index is 12.7. The second kappa shape index (κ2) is 6.20. The third kappa shape index (κ3) is 2.81. The van der Waals surface area contributed by atoms with E-state index in [1.54, 1.807) is 42.5 Å². The number of benzene rings is 2. The zero-order valence-electron chi connectivity index (χ0n) is 13.3. The third-order valence-electron chi connectivity index (χ3n) is 3.80. The molecule has 3 aromatic rings. The minimum Gasteiger partial charge on any atom is -0.306 e. The lowest BCUT2D eigenvalue weighted by Crippen LogP contribution is -2.44. The first kappa shape index (κ1) is 15.6. The van der Waals surface area contributed by atoms with Gasteiger partial charge in [-0.2, -0.15) is 20.3 Å². The van der Waals surface area contributed by atoms with Crippen LogP contribution in [0.2, 0.25) is 0 Å². The highest BCUT2D eigenvalue weighted by molar-refractivity contribution is 6.38. The molecule has 0 spiro atoms. The van der Waals surface area contributed by atoms with Crippen LogP contribution in [0.4, 0.5) is 11.4 Å². The van der Waals surface area contributed by atoms with Gasteiger partial charge in [0, 0.05) is 0 Å². The van der Waals surface area contributed by atoms with Gasteiger partial charge in [0.15, 0.2) is 0 Å². The lowest BCUT2D eigenvalue weighted by Gasteiger charge is -2.22. The maximum absolute atomic E-state index is 12.7. The van der Waals surface area contributed by atoms with Crippen LogP contribution < -0.4 is 10.7 Å². The van der Waals surface area contributed by atoms with Gasteiger partial charge in [0.25, 0.3) is 5.91 Å². The number of fused-ring (bicyclic) bond motifs is 1. The number of hydrogen-bond donors (Lipinski definition) is 2. The van der Waals surface area contributed by atoms with Crippen LogP contribution in [0.15, 0.2) is 68.7 Å². The van der Waals surface area contributed by atoms with E-state index in [0.717, 1.165) is 11.2 Å². The van der Waals surface area contributed by atoms with Crippen molar-refractivity contribution in [2.75, 3.05) is 5.01 Å². The van der Waals surface area contributed by atoms with Crippen molar-refractivity contribution >= 4 is 40.3 Å². The summed E-state index contributed by atoms with van der Waals surface area (Å²) in [5, 5.41) is 12.8. The highest BCUT2D eigenvalue weighted by Crippen LogP contribution is 2.23. The van der Waals surface area contributed by atoms with Crippen LogP contribution in [0, 0.1) is 0 Å². The summed E-state index contributed by atoms with van der Waals surface area (Å²) >= 11 is 0. The van der Waals surface area contributed by atoms with Crippen LogP contribution in [-0.4, -0.2) is 33.9 Å². The summed E-state index contributed by atoms with van der Waals surface area (Å²) in [5.74, 6) is -1.16. The number of azo groups is 1. The maximum Gasteiger partial charge on any atom is 0.323 e. The number of H-pyrrole nitrogens is 2. The molecule has 0 saturated heterocycles. The van der Waals surface area contributed by atoms with Crippen molar-refractivity contribution in [2.24, 2.45) is 15.3 Å². The second-order valence-corrected chi connectivity index (χ2v) is 5.56. The topological polar surface area (TPSA) is 123 Å². The summed E-state index contributed by atoms with van der Waals surface area (Å²) in [6, 6.07) is 12.3. The van der Waals surface area contributed by atoms with E-state index in [0.29, 0.717) is 22.4 Å². The van der Waals surface area contributed by atoms with Gasteiger partial charge in [-0.3, -0.25) is 9.59 Å². The Bertz CT molecular complexity index is 1110. The fraction of sp³-hybridized carbons (Fsp3) is 0.0588. The van der Waals surface area contributed by atoms with Gasteiger partial charge in [-0.05, 0) is 30.3 Å². The summed E-state index contributed by atoms with van der Waals surface area (Å²) in [6.45, 7) is 0. The highest BCUT2D eigenvalue weighted by Gasteiger charge is 2.34. The van der Waals surface area contributed by atoms with Crippen molar-refractivity contribution in [3.05, 3.63) is 59.0 Å². The number of Topliss-reactive ketones (excluding diaryl/α,β-unsaturated/α-hetero) is 1. The average Bonchev–Trinajstić information content (AvgIpc) is 3.01. The molecule has 2 aromatic carbocycles. The number of ketones is 1. The molecule has 0 aliphatic carbocycles. The molecule has 1 amide bonds. The predicted octanol–water partition coefficient (Wildman–Crippen LogP) is 1.91. The van der Waals surface area contributed by atoms with Crippen molar-refractivity contribution < 1.29 is 9.59 Å². The fourth-order valence-corrected chi connectivity index (χ4v) is 2.55. The van der Waals surface area contributed by atoms with Crippen molar-refractivity contribution in [3.63, 3.8) is 0 Å². The molecule has 2 N–H and O–H groups in total. The molecule has 26 heavy (non-hydrogen) atoms. The van der Waals surface area contributed by atoms with E-state index < -0.39 is 17.7 Å². The van der Waals surface area contributed by atoms with Crippen molar-refractivity contribution in [1.82, 2.24) is 9.97 Å². The zero-order valence-corrected chi connectivity index (χ0v) is 13.3. The van der Waals surface area contributed by atoms with Crippen LogP contribution in [0.3, 0.4) is 0 Å². The smallest absolute Gasteiger partial charge is 0.306 e. The summed E-state index contributed by atoms with van der Waals surface area (Å²) in [7, 11) is 0. The molecule has 9 heteroatoms. The van der Waals surface area contributed by atoms with Gasteiger partial charge in [0.1, 0.15) is 0 Å². The van der Waals surface area contributed by atoms with E-state index in [1.165, 1.54) is 0 Å². The number of aromatic nitrogens is 2. The average molecular weight is 348 g/mol. The van der Waals surface area contributed by atoms with Gasteiger partial charge in [-0.15, -0.1) is 0 Å². The molecule has 2 heterocycles. The molecule has 128 valence electrons. The third-order valence-corrected chi connectivity index (χ3v) is 3.80. The number of anilines is 1. The quantitative estimate of drug-likeness (QED) is 0.555. The lowest BCUT2D eigenvalue weighted by molar-refractivity contribution is -0.126. The normalized spacial score (nSPS) is 17.5. The number of rotatable bonds is 3. The fourth-order valence-electron chi connectivity index (χ4n) is 2.55. The Morgan fingerprint density at radius 3 is 2.54 bits per heavy atom. The molecule has 1 aromatic heterocycles. The number of nitrogens with one attached hydrogen (secondary N) is 2. The Morgan fingerprint density at radius 1 is 0.962 bits per heavy atom. The van der Waals surface area contributed by atoms with Crippen molar-refractivity contribution in [3.8, 4) is 0 Å². The molecule has 0 bridgehead atoms. The monoisotopic (exact) mass is 348 g/mol. The zero-order chi connectivity index (χ0) is 18.1. The molecule has 1 unspecified atom stereocenters. The van der Waals surface area contributed by atoms with E-state index in [9.17, 15) is 14.4 Å². The number of amides is 1. The molecule has 1 aliphatic rings. The first-order valence-electron chi connectivity index (χ1n) is 7.71. The van der Waals surface area contributed by atoms with Crippen LogP contribution >= 0.6 is 0 Å². The van der Waals surface area contributed by atoms with E-state index in [4.69, 9.17) is 0 Å². The Morgan fingerprint density at radius 2 is 1.73 bits per heavy atom. The standard InChI is InChI=1S/C17H12N6O3/c24-14-9-18-23(11-6-7-12-13(8-11)20-17(26)19-12)16(25)15(14)22-21-10-4-2-1-3-5-10/h1-9,15H,(H2,19,20,26). The first-order chi connectivity index (χ1) is 12.6. The van der Waals surface area contributed by atoms with E-state index >= 15 is 0 Å². The van der Waals surface area contributed by atoms with E-state index in [2.05, 4.69) is 25.3 Å². The number of nitrogens with zero attached hydrogens (tertiary/aromatic N) is 4. The molecule has 1 atom stereocenters. The molecule has 4 rings (SSSR count). The Labute approximate surface area is 146 Å². The van der Waals surface area contributed by atoms with Crippen LogP contribution in [0.25, 0.3) is 11.0 Å². The summed E-state index contributed by atoms with van der Waals surface area (Å²) in [4.78, 5) is 41.3. The minimum atomic E-state index is -1.30. The summed E-state index contributed by atoms with van der Waals surface area (Å²) < 4.78 is 0. The second-order valence-electron chi connectivity index (χ2n) is 5.56.